The maximum Gasteiger partial charge on any atom is 0.325 e. The van der Waals surface area contributed by atoms with Crippen molar-refractivity contribution in [3.63, 3.8) is 0 Å². The van der Waals surface area contributed by atoms with Crippen molar-refractivity contribution in [2.75, 3.05) is 7.11 Å². The number of ether oxygens (including phenoxy) is 1. The number of sulfonamides is 1. The SMILES string of the molecule is COc1ccc(-c2ccc(S(=O)(=O)NC3(C(=O)O)CC3c3ccccc3)cc2)cc1. The van der Waals surface area contributed by atoms with Crippen LogP contribution in [0, 0.1) is 0 Å². The fourth-order valence-electron chi connectivity index (χ4n) is 3.65. The second kappa shape index (κ2) is 7.59. The Bertz CT molecular complexity index is 1160. The molecule has 2 N–H and O–H groups in total. The van der Waals surface area contributed by atoms with E-state index in [-0.39, 0.29) is 11.3 Å². The minimum atomic E-state index is -4.00. The summed E-state index contributed by atoms with van der Waals surface area (Å²) < 4.78 is 33.4. The van der Waals surface area contributed by atoms with Gasteiger partial charge in [-0.1, -0.05) is 54.6 Å². The highest BCUT2D eigenvalue weighted by molar-refractivity contribution is 7.89. The van der Waals surface area contributed by atoms with Gasteiger partial charge in [0.1, 0.15) is 11.3 Å². The second-order valence-corrected chi connectivity index (χ2v) is 8.98. The minimum Gasteiger partial charge on any atom is -0.497 e. The Labute approximate surface area is 175 Å². The van der Waals surface area contributed by atoms with Crippen LogP contribution in [0.3, 0.4) is 0 Å². The van der Waals surface area contributed by atoms with Crippen LogP contribution < -0.4 is 9.46 Å². The average Bonchev–Trinajstić information content (AvgIpc) is 3.49. The van der Waals surface area contributed by atoms with Gasteiger partial charge in [-0.3, -0.25) is 4.79 Å². The Balaban J connectivity index is 1.56. The first kappa shape index (κ1) is 20.1. The normalized spacial score (nSPS) is 20.5. The number of benzene rings is 3. The molecule has 6 nitrogen and oxygen atoms in total. The molecule has 0 aliphatic heterocycles. The van der Waals surface area contributed by atoms with Crippen molar-refractivity contribution in [2.24, 2.45) is 0 Å². The van der Waals surface area contributed by atoms with Crippen molar-refractivity contribution in [2.45, 2.75) is 22.8 Å². The van der Waals surface area contributed by atoms with Crippen LogP contribution in [0.25, 0.3) is 11.1 Å². The van der Waals surface area contributed by atoms with Crippen molar-refractivity contribution in [3.8, 4) is 16.9 Å². The highest BCUT2D eigenvalue weighted by Gasteiger charge is 2.63. The van der Waals surface area contributed by atoms with Crippen LogP contribution in [0.2, 0.25) is 0 Å². The fourth-order valence-corrected chi connectivity index (χ4v) is 5.06. The highest BCUT2D eigenvalue weighted by Crippen LogP contribution is 2.52. The van der Waals surface area contributed by atoms with Crippen LogP contribution in [0.1, 0.15) is 17.9 Å². The van der Waals surface area contributed by atoms with Gasteiger partial charge in [-0.25, -0.2) is 8.42 Å². The molecule has 0 radical (unpaired) electrons. The minimum absolute atomic E-state index is 0.0269. The number of rotatable bonds is 7. The first-order valence-electron chi connectivity index (χ1n) is 9.42. The molecule has 1 saturated carbocycles. The third-order valence-corrected chi connectivity index (χ3v) is 6.97. The van der Waals surface area contributed by atoms with E-state index in [4.69, 9.17) is 4.74 Å². The molecule has 4 rings (SSSR count). The van der Waals surface area contributed by atoms with E-state index in [1.807, 2.05) is 54.6 Å². The van der Waals surface area contributed by atoms with Crippen LogP contribution in [0.5, 0.6) is 5.75 Å². The van der Waals surface area contributed by atoms with Crippen molar-refractivity contribution in [3.05, 3.63) is 84.4 Å². The Morgan fingerprint density at radius 1 is 0.967 bits per heavy atom. The second-order valence-electron chi connectivity index (χ2n) is 7.30. The number of aliphatic carboxylic acids is 1. The molecule has 7 heteroatoms. The lowest BCUT2D eigenvalue weighted by Crippen LogP contribution is -2.44. The zero-order valence-electron chi connectivity index (χ0n) is 16.3. The van der Waals surface area contributed by atoms with Gasteiger partial charge >= 0.3 is 5.97 Å². The van der Waals surface area contributed by atoms with Crippen molar-refractivity contribution in [1.82, 2.24) is 4.72 Å². The van der Waals surface area contributed by atoms with Crippen LogP contribution in [-0.4, -0.2) is 32.1 Å². The van der Waals surface area contributed by atoms with E-state index in [0.717, 1.165) is 22.4 Å². The largest absolute Gasteiger partial charge is 0.497 e. The van der Waals surface area contributed by atoms with Gasteiger partial charge in [0.2, 0.25) is 10.0 Å². The number of nitrogens with one attached hydrogen (secondary N) is 1. The number of carboxylic acids is 1. The molecule has 0 bridgehead atoms. The van der Waals surface area contributed by atoms with E-state index >= 15 is 0 Å². The molecule has 0 saturated heterocycles. The lowest BCUT2D eigenvalue weighted by Gasteiger charge is -2.16. The molecular weight excluding hydrogens is 402 g/mol. The van der Waals surface area contributed by atoms with E-state index in [2.05, 4.69) is 4.72 Å². The Morgan fingerprint density at radius 3 is 2.07 bits per heavy atom. The van der Waals surface area contributed by atoms with Crippen LogP contribution in [0.15, 0.2) is 83.8 Å². The maximum atomic E-state index is 12.9. The smallest absolute Gasteiger partial charge is 0.325 e. The first-order valence-corrected chi connectivity index (χ1v) is 10.9. The maximum absolute atomic E-state index is 12.9. The first-order chi connectivity index (χ1) is 14.4. The van der Waals surface area contributed by atoms with Gasteiger partial charge in [0.15, 0.2) is 0 Å². The number of hydrogen-bond acceptors (Lipinski definition) is 4. The topological polar surface area (TPSA) is 92.7 Å². The summed E-state index contributed by atoms with van der Waals surface area (Å²) in [6, 6.07) is 22.9. The van der Waals surface area contributed by atoms with E-state index < -0.39 is 27.4 Å². The van der Waals surface area contributed by atoms with E-state index in [1.54, 1.807) is 19.2 Å². The van der Waals surface area contributed by atoms with Gasteiger partial charge in [0.25, 0.3) is 0 Å². The van der Waals surface area contributed by atoms with E-state index in [0.29, 0.717) is 0 Å². The zero-order chi connectivity index (χ0) is 21.4. The summed E-state index contributed by atoms with van der Waals surface area (Å²) >= 11 is 0. The van der Waals surface area contributed by atoms with E-state index in [1.165, 1.54) is 12.1 Å². The van der Waals surface area contributed by atoms with Crippen LogP contribution in [-0.2, 0) is 14.8 Å². The summed E-state index contributed by atoms with van der Waals surface area (Å²) in [5.41, 5.74) is 1.05. The monoisotopic (exact) mass is 423 g/mol. The molecule has 3 aromatic carbocycles. The Kier molecular flexibility index (Phi) is 5.09. The van der Waals surface area contributed by atoms with Crippen LogP contribution >= 0.6 is 0 Å². The van der Waals surface area contributed by atoms with Crippen LogP contribution in [0.4, 0.5) is 0 Å². The van der Waals surface area contributed by atoms with Gasteiger partial charge in [-0.15, -0.1) is 0 Å². The average molecular weight is 423 g/mol. The molecule has 0 heterocycles. The molecule has 2 unspecified atom stereocenters. The molecule has 1 fully saturated rings. The van der Waals surface area contributed by atoms with Gasteiger partial charge in [0.05, 0.1) is 12.0 Å². The lowest BCUT2D eigenvalue weighted by molar-refractivity contribution is -0.140. The van der Waals surface area contributed by atoms with Crippen molar-refractivity contribution in [1.29, 1.82) is 0 Å². The third kappa shape index (κ3) is 3.69. The Morgan fingerprint density at radius 2 is 1.53 bits per heavy atom. The number of methoxy groups -OCH3 is 1. The molecule has 3 aromatic rings. The van der Waals surface area contributed by atoms with Gasteiger partial charge in [0, 0.05) is 5.92 Å². The molecule has 1 aliphatic carbocycles. The number of carboxylic acid groups (broad SMARTS) is 1. The standard InChI is InChI=1S/C23H21NO5S/c1-29-19-11-7-16(8-12-19)17-9-13-20(14-10-17)30(27,28)24-23(22(25)26)15-21(23)18-5-3-2-4-6-18/h2-14,21,24H,15H2,1H3,(H,25,26). The predicted molar refractivity (Wildman–Crippen MR) is 113 cm³/mol. The molecule has 1 aliphatic rings. The number of hydrogen-bond donors (Lipinski definition) is 2. The van der Waals surface area contributed by atoms with E-state index in [9.17, 15) is 18.3 Å². The third-order valence-electron chi connectivity index (χ3n) is 5.45. The summed E-state index contributed by atoms with van der Waals surface area (Å²) in [5.74, 6) is -0.835. The van der Waals surface area contributed by atoms with Crippen molar-refractivity contribution < 1.29 is 23.1 Å². The molecule has 0 amide bonds. The molecule has 0 spiro atoms. The highest BCUT2D eigenvalue weighted by atomic mass is 32.2. The van der Waals surface area contributed by atoms with Gasteiger partial charge in [-0.05, 0) is 47.4 Å². The molecule has 2 atom stereocenters. The summed E-state index contributed by atoms with van der Waals surface area (Å²) in [6.07, 6.45) is 0.218. The molecular formula is C23H21NO5S. The fraction of sp³-hybridized carbons (Fsp3) is 0.174. The van der Waals surface area contributed by atoms with Gasteiger partial charge in [-0.2, -0.15) is 4.72 Å². The number of carbonyl (C=O) groups is 1. The molecule has 0 aromatic heterocycles. The van der Waals surface area contributed by atoms with Crippen molar-refractivity contribution >= 4 is 16.0 Å². The summed E-state index contributed by atoms with van der Waals surface area (Å²) in [4.78, 5) is 12.0. The van der Waals surface area contributed by atoms with Gasteiger partial charge < -0.3 is 9.84 Å². The quantitative estimate of drug-likeness (QED) is 0.605. The summed E-state index contributed by atoms with van der Waals surface area (Å²) in [6.45, 7) is 0. The summed E-state index contributed by atoms with van der Waals surface area (Å²) in [7, 11) is -2.41. The lowest BCUT2D eigenvalue weighted by atomic mass is 10.1. The predicted octanol–water partition coefficient (Wildman–Crippen LogP) is 3.65. The Hall–Kier alpha value is -3.16. The summed E-state index contributed by atoms with van der Waals surface area (Å²) in [5, 5.41) is 9.74. The molecule has 30 heavy (non-hydrogen) atoms. The molecule has 154 valence electrons. The zero-order valence-corrected chi connectivity index (χ0v) is 17.1.